The molecule has 1 aliphatic rings. The van der Waals surface area contributed by atoms with Gasteiger partial charge in [-0.1, -0.05) is 11.8 Å². The number of phenolic OH excluding ortho intramolecular Hbond substituents is 2. The van der Waals surface area contributed by atoms with Crippen molar-refractivity contribution in [3.05, 3.63) is 34.0 Å². The van der Waals surface area contributed by atoms with Crippen LogP contribution < -0.4 is 0 Å². The molecule has 2 aromatic rings. The Morgan fingerprint density at radius 2 is 2.05 bits per heavy atom. The summed E-state index contributed by atoms with van der Waals surface area (Å²) in [6.45, 7) is 1.97. The van der Waals surface area contributed by atoms with Crippen molar-refractivity contribution < 1.29 is 10.2 Å². The Morgan fingerprint density at radius 3 is 2.80 bits per heavy atom. The molecule has 0 bridgehead atoms. The van der Waals surface area contributed by atoms with Crippen LogP contribution in [0.15, 0.2) is 32.7 Å². The monoisotopic (exact) mass is 307 g/mol. The number of phenols is 2. The van der Waals surface area contributed by atoms with Crippen LogP contribution in [0.25, 0.3) is 0 Å². The molecule has 1 aromatic carbocycles. The minimum Gasteiger partial charge on any atom is -0.504 e. The Labute approximate surface area is 126 Å². The minimum absolute atomic E-state index is 0.00830. The van der Waals surface area contributed by atoms with Gasteiger partial charge < -0.3 is 15.1 Å². The smallest absolute Gasteiger partial charge is 0.171 e. The molecule has 20 heavy (non-hydrogen) atoms. The van der Waals surface area contributed by atoms with Crippen molar-refractivity contribution >= 4 is 23.1 Å². The van der Waals surface area contributed by atoms with Crippen molar-refractivity contribution in [3.63, 3.8) is 0 Å². The summed E-state index contributed by atoms with van der Waals surface area (Å²) in [4.78, 5) is 4.21. The number of fused-ring (bicyclic) bond motifs is 1. The highest BCUT2D eigenvalue weighted by molar-refractivity contribution is 7.99. The van der Waals surface area contributed by atoms with Gasteiger partial charge in [0.1, 0.15) is 0 Å². The lowest BCUT2D eigenvalue weighted by molar-refractivity contribution is 0.352. The van der Waals surface area contributed by atoms with Gasteiger partial charge in [-0.3, -0.25) is 0 Å². The van der Waals surface area contributed by atoms with Crippen molar-refractivity contribution in [2.45, 2.75) is 22.6 Å². The fourth-order valence-electron chi connectivity index (χ4n) is 2.49. The van der Waals surface area contributed by atoms with E-state index in [-0.39, 0.29) is 11.5 Å². The molecule has 3 rings (SSSR count). The molecular weight excluding hydrogens is 290 g/mol. The van der Waals surface area contributed by atoms with E-state index in [0.717, 1.165) is 41.3 Å². The van der Waals surface area contributed by atoms with Crippen LogP contribution in [0.2, 0.25) is 0 Å². The number of nitrogens with zero attached hydrogens (tertiary/aromatic N) is 1. The lowest BCUT2D eigenvalue weighted by Crippen LogP contribution is -2.20. The van der Waals surface area contributed by atoms with Gasteiger partial charge >= 0.3 is 0 Å². The molecule has 1 aliphatic heterocycles. The summed E-state index contributed by atoms with van der Waals surface area (Å²) in [6, 6.07) is 3.76. The van der Waals surface area contributed by atoms with Gasteiger partial charge in [-0.25, -0.2) is 0 Å². The maximum Gasteiger partial charge on any atom is 0.171 e. The third kappa shape index (κ3) is 2.66. The molecule has 1 aromatic heterocycles. The first-order valence-electron chi connectivity index (χ1n) is 6.60. The van der Waals surface area contributed by atoms with Gasteiger partial charge in [0, 0.05) is 23.4 Å². The van der Waals surface area contributed by atoms with Crippen molar-refractivity contribution in [1.29, 1.82) is 0 Å². The van der Waals surface area contributed by atoms with Crippen LogP contribution in [0.3, 0.4) is 0 Å². The van der Waals surface area contributed by atoms with Crippen LogP contribution >= 0.6 is 23.1 Å². The molecule has 5 heteroatoms. The molecule has 0 radical (unpaired) electrons. The number of rotatable bonds is 2. The second-order valence-corrected chi connectivity index (χ2v) is 6.94. The highest BCUT2D eigenvalue weighted by Gasteiger charge is 2.21. The summed E-state index contributed by atoms with van der Waals surface area (Å²) in [5.41, 5.74) is 2.34. The topological polar surface area (TPSA) is 43.7 Å². The van der Waals surface area contributed by atoms with E-state index in [0.29, 0.717) is 0 Å². The number of aromatic hydroxyl groups is 2. The van der Waals surface area contributed by atoms with Crippen molar-refractivity contribution in [3.8, 4) is 11.5 Å². The first-order valence-corrected chi connectivity index (χ1v) is 8.36. The Morgan fingerprint density at radius 1 is 1.25 bits per heavy atom. The molecule has 0 spiro atoms. The van der Waals surface area contributed by atoms with Crippen LogP contribution in [-0.2, 0) is 12.8 Å². The standard InChI is InChI=1S/C15H17NO2S2/c1-16-5-2-10-8-13(17)14(18)15(12(10)3-6-16)20-11-4-7-19-9-11/h4,7-9,17-18H,2-3,5-6H2,1H3. The van der Waals surface area contributed by atoms with Crippen molar-refractivity contribution in [2.24, 2.45) is 0 Å². The van der Waals surface area contributed by atoms with E-state index in [4.69, 9.17) is 0 Å². The molecule has 0 aliphatic carbocycles. The first kappa shape index (κ1) is 13.8. The van der Waals surface area contributed by atoms with Gasteiger partial charge in [0.05, 0.1) is 4.90 Å². The average Bonchev–Trinajstić information content (AvgIpc) is 2.87. The summed E-state index contributed by atoms with van der Waals surface area (Å²) >= 11 is 3.18. The van der Waals surface area contributed by atoms with E-state index < -0.39 is 0 Å². The van der Waals surface area contributed by atoms with Crippen LogP contribution in [0.4, 0.5) is 0 Å². The zero-order valence-electron chi connectivity index (χ0n) is 11.3. The van der Waals surface area contributed by atoms with Gasteiger partial charge in [0.15, 0.2) is 11.5 Å². The van der Waals surface area contributed by atoms with Gasteiger partial charge in [0.2, 0.25) is 0 Å². The highest BCUT2D eigenvalue weighted by Crippen LogP contribution is 2.44. The van der Waals surface area contributed by atoms with Gasteiger partial charge in [-0.2, -0.15) is 11.3 Å². The predicted molar refractivity (Wildman–Crippen MR) is 83.1 cm³/mol. The number of likely N-dealkylation sites (N-methyl/N-ethyl adjacent to an activating group) is 1. The molecule has 3 nitrogen and oxygen atoms in total. The van der Waals surface area contributed by atoms with E-state index in [2.05, 4.69) is 17.3 Å². The number of benzene rings is 1. The third-order valence-corrected chi connectivity index (χ3v) is 5.62. The molecule has 0 unspecified atom stereocenters. The Kier molecular flexibility index (Phi) is 3.92. The van der Waals surface area contributed by atoms with Gasteiger partial charge in [-0.15, -0.1) is 0 Å². The predicted octanol–water partition coefficient (Wildman–Crippen LogP) is 3.34. The second-order valence-electron chi connectivity index (χ2n) is 5.08. The SMILES string of the molecule is CN1CCc2cc(O)c(O)c(Sc3ccsc3)c2CC1. The zero-order valence-corrected chi connectivity index (χ0v) is 12.9. The van der Waals surface area contributed by atoms with Crippen molar-refractivity contribution in [1.82, 2.24) is 4.90 Å². The molecule has 106 valence electrons. The van der Waals surface area contributed by atoms with Crippen molar-refractivity contribution in [2.75, 3.05) is 20.1 Å². The third-order valence-electron chi connectivity index (χ3n) is 3.65. The van der Waals surface area contributed by atoms with E-state index in [9.17, 15) is 10.2 Å². The van der Waals surface area contributed by atoms with Crippen LogP contribution in [-0.4, -0.2) is 35.3 Å². The first-order chi connectivity index (χ1) is 9.65. The molecule has 0 saturated carbocycles. The maximum absolute atomic E-state index is 10.2. The van der Waals surface area contributed by atoms with Crippen LogP contribution in [0.5, 0.6) is 11.5 Å². The summed E-state index contributed by atoms with van der Waals surface area (Å²) in [5, 5.41) is 24.3. The number of hydrogen-bond acceptors (Lipinski definition) is 5. The zero-order chi connectivity index (χ0) is 14.1. The Hall–Kier alpha value is -1.17. The lowest BCUT2D eigenvalue weighted by atomic mass is 10.0. The number of hydrogen-bond donors (Lipinski definition) is 2. The Balaban J connectivity index is 2.05. The van der Waals surface area contributed by atoms with E-state index >= 15 is 0 Å². The molecule has 2 heterocycles. The fourth-order valence-corrected chi connectivity index (χ4v) is 4.38. The Bertz CT molecular complexity index is 611. The van der Waals surface area contributed by atoms with Gasteiger partial charge in [-0.05, 0) is 48.5 Å². The quantitative estimate of drug-likeness (QED) is 0.835. The maximum atomic E-state index is 10.2. The number of thiophene rings is 1. The van der Waals surface area contributed by atoms with E-state index in [1.807, 2.05) is 11.4 Å². The largest absolute Gasteiger partial charge is 0.504 e. The second kappa shape index (κ2) is 5.68. The summed E-state index contributed by atoms with van der Waals surface area (Å²) < 4.78 is 0. The normalized spacial score (nSPS) is 15.8. The average molecular weight is 307 g/mol. The summed E-state index contributed by atoms with van der Waals surface area (Å²) in [5.74, 6) is 0.00976. The highest BCUT2D eigenvalue weighted by atomic mass is 32.2. The molecule has 0 amide bonds. The van der Waals surface area contributed by atoms with E-state index in [1.54, 1.807) is 29.2 Å². The molecular formula is C15H17NO2S2. The molecule has 0 fully saturated rings. The van der Waals surface area contributed by atoms with E-state index in [1.165, 1.54) is 5.56 Å². The summed E-state index contributed by atoms with van der Waals surface area (Å²) in [6.07, 6.45) is 1.82. The molecule has 0 atom stereocenters. The van der Waals surface area contributed by atoms with Gasteiger partial charge in [0.25, 0.3) is 0 Å². The minimum atomic E-state index is -0.00830. The summed E-state index contributed by atoms with van der Waals surface area (Å²) in [7, 11) is 2.11. The fraction of sp³-hybridized carbons (Fsp3) is 0.333. The lowest BCUT2D eigenvalue weighted by Gasteiger charge is -2.14. The van der Waals surface area contributed by atoms with Crippen LogP contribution in [0.1, 0.15) is 11.1 Å². The molecule has 0 saturated heterocycles. The van der Waals surface area contributed by atoms with Crippen LogP contribution in [0, 0.1) is 0 Å². The molecule has 2 N–H and O–H groups in total.